The first-order valence-electron chi connectivity index (χ1n) is 9.83. The molecule has 158 valence electrons. The normalized spacial score (nSPS) is 24.9. The van der Waals surface area contributed by atoms with Gasteiger partial charge in [0.25, 0.3) is 15.8 Å². The minimum absolute atomic E-state index is 0.0718. The van der Waals surface area contributed by atoms with Gasteiger partial charge in [-0.05, 0) is 31.0 Å². The van der Waals surface area contributed by atoms with E-state index in [1.165, 1.54) is 0 Å². The van der Waals surface area contributed by atoms with Crippen LogP contribution in [0.5, 0.6) is 0 Å². The number of hydrogen-bond acceptors (Lipinski definition) is 5. The predicted molar refractivity (Wildman–Crippen MR) is 112 cm³/mol. The molecule has 2 unspecified atom stereocenters. The molecule has 2 aliphatic rings. The van der Waals surface area contributed by atoms with Crippen LogP contribution in [0.4, 0.5) is 0 Å². The van der Waals surface area contributed by atoms with Crippen LogP contribution in [0.1, 0.15) is 22.3 Å². The van der Waals surface area contributed by atoms with Crippen molar-refractivity contribution in [2.75, 3.05) is 26.3 Å². The van der Waals surface area contributed by atoms with Crippen molar-refractivity contribution in [2.24, 2.45) is 4.40 Å². The first kappa shape index (κ1) is 20.9. The third-order valence-corrected chi connectivity index (χ3v) is 7.00. The van der Waals surface area contributed by atoms with Crippen LogP contribution in [0, 0.1) is 13.8 Å². The zero-order chi connectivity index (χ0) is 21.5. The highest BCUT2D eigenvalue weighted by Gasteiger charge is 2.49. The molecule has 0 radical (unpaired) electrons. The zero-order valence-electron chi connectivity index (χ0n) is 16.9. The number of quaternary nitrogens is 1. The predicted octanol–water partition coefficient (Wildman–Crippen LogP) is 0.431. The Bertz CT molecular complexity index is 1150. The van der Waals surface area contributed by atoms with E-state index < -0.39 is 15.8 Å². The Balaban J connectivity index is 1.91. The van der Waals surface area contributed by atoms with Crippen molar-refractivity contribution >= 4 is 15.7 Å². The summed E-state index contributed by atoms with van der Waals surface area (Å²) in [6.45, 7) is 4.73. The zero-order valence-corrected chi connectivity index (χ0v) is 17.7. The van der Waals surface area contributed by atoms with E-state index in [0.717, 1.165) is 10.5 Å². The lowest BCUT2D eigenvalue weighted by molar-refractivity contribution is -0.882. The summed E-state index contributed by atoms with van der Waals surface area (Å²) in [5, 5.41) is 20.8. The molecule has 3 N–H and O–H groups in total. The fourth-order valence-corrected chi connectivity index (χ4v) is 5.37. The summed E-state index contributed by atoms with van der Waals surface area (Å²) < 4.78 is 36.3. The van der Waals surface area contributed by atoms with Gasteiger partial charge in [0, 0.05) is 17.2 Å². The van der Waals surface area contributed by atoms with Crippen LogP contribution >= 0.6 is 0 Å². The molecule has 1 fully saturated rings. The Labute approximate surface area is 176 Å². The number of ether oxygens (including phenoxy) is 1. The first-order chi connectivity index (χ1) is 14.3. The SMILES string of the molecule is Cc1ccc(C)c(S(=O)(=O)N=C2C=C3[NH+](CCO)CCOC3(O)c3ccccc32)c1. The fourth-order valence-electron chi connectivity index (χ4n) is 4.05. The number of sulfonamides is 1. The molecule has 0 saturated carbocycles. The van der Waals surface area contributed by atoms with Gasteiger partial charge in [-0.3, -0.25) is 4.90 Å². The Morgan fingerprint density at radius 1 is 1.20 bits per heavy atom. The lowest BCUT2D eigenvalue weighted by Crippen LogP contribution is -3.14. The fraction of sp³-hybridized carbons (Fsp3) is 0.318. The molecule has 4 rings (SSSR count). The third kappa shape index (κ3) is 3.51. The van der Waals surface area contributed by atoms with Crippen molar-refractivity contribution in [1.82, 2.24) is 0 Å². The first-order valence-corrected chi connectivity index (χ1v) is 11.3. The van der Waals surface area contributed by atoms with E-state index in [4.69, 9.17) is 4.74 Å². The molecule has 0 amide bonds. The summed E-state index contributed by atoms with van der Waals surface area (Å²) >= 11 is 0. The lowest BCUT2D eigenvalue weighted by atomic mass is 9.86. The Morgan fingerprint density at radius 2 is 1.97 bits per heavy atom. The van der Waals surface area contributed by atoms with E-state index in [-0.39, 0.29) is 17.2 Å². The summed E-state index contributed by atoms with van der Waals surface area (Å²) in [5.41, 5.74) is 3.10. The molecule has 7 nitrogen and oxygen atoms in total. The number of aryl methyl sites for hydroxylation is 2. The molecule has 30 heavy (non-hydrogen) atoms. The third-order valence-electron chi connectivity index (χ3n) is 5.56. The Kier molecular flexibility index (Phi) is 5.37. The van der Waals surface area contributed by atoms with Crippen LogP contribution < -0.4 is 4.90 Å². The Hall–Kier alpha value is -2.36. The second-order valence-corrected chi connectivity index (χ2v) is 9.22. The number of morpholine rings is 1. The van der Waals surface area contributed by atoms with E-state index in [1.807, 2.05) is 13.0 Å². The Morgan fingerprint density at radius 3 is 2.73 bits per heavy atom. The minimum Gasteiger partial charge on any atom is -0.391 e. The molecule has 1 heterocycles. The van der Waals surface area contributed by atoms with Gasteiger partial charge in [0.1, 0.15) is 19.7 Å². The van der Waals surface area contributed by atoms with Gasteiger partial charge in [0.05, 0.1) is 17.2 Å². The van der Waals surface area contributed by atoms with Gasteiger partial charge in [-0.25, -0.2) is 0 Å². The maximum absolute atomic E-state index is 13.2. The molecule has 1 saturated heterocycles. The number of nitrogens with zero attached hydrogens (tertiary/aromatic N) is 1. The number of allylic oxidation sites excluding steroid dienone is 1. The van der Waals surface area contributed by atoms with Crippen molar-refractivity contribution in [3.63, 3.8) is 0 Å². The van der Waals surface area contributed by atoms with Crippen LogP contribution in [-0.2, 0) is 20.5 Å². The summed E-state index contributed by atoms with van der Waals surface area (Å²) in [5.74, 6) is -1.68. The average Bonchev–Trinajstić information content (AvgIpc) is 2.71. The highest BCUT2D eigenvalue weighted by molar-refractivity contribution is 7.90. The maximum Gasteiger partial charge on any atom is 0.283 e. The quantitative estimate of drug-likeness (QED) is 0.655. The molecule has 2 aromatic rings. The molecular weight excluding hydrogens is 404 g/mol. The van der Waals surface area contributed by atoms with Gasteiger partial charge in [-0.1, -0.05) is 36.4 Å². The number of fused-ring (bicyclic) bond motifs is 3. The van der Waals surface area contributed by atoms with E-state index >= 15 is 0 Å². The second kappa shape index (κ2) is 7.72. The molecule has 0 spiro atoms. The molecule has 2 atom stereocenters. The van der Waals surface area contributed by atoms with Crippen LogP contribution in [-0.4, -0.2) is 50.6 Å². The lowest BCUT2D eigenvalue weighted by Gasteiger charge is -2.41. The van der Waals surface area contributed by atoms with E-state index in [9.17, 15) is 18.6 Å². The van der Waals surface area contributed by atoms with E-state index in [0.29, 0.717) is 42.1 Å². The van der Waals surface area contributed by atoms with Crippen molar-refractivity contribution in [3.05, 3.63) is 76.5 Å². The number of hydrogen-bond donors (Lipinski definition) is 3. The highest BCUT2D eigenvalue weighted by atomic mass is 32.2. The standard InChI is InChI=1S/C22H24N2O5S/c1-15-7-8-16(2)20(13-15)30(27,28)23-19-14-21-22(26,18-6-4-3-5-17(18)19)29-12-10-24(21)9-11-25/h3-8,13-14,25-26H,9-12H2,1-2H3/p+1. The van der Waals surface area contributed by atoms with Crippen molar-refractivity contribution in [3.8, 4) is 0 Å². The number of rotatable bonds is 4. The summed E-state index contributed by atoms with van der Waals surface area (Å²) in [6, 6.07) is 12.2. The van der Waals surface area contributed by atoms with Crippen LogP contribution in [0.2, 0.25) is 0 Å². The number of aliphatic hydroxyl groups is 2. The summed E-state index contributed by atoms with van der Waals surface area (Å²) in [4.78, 5) is 0.990. The molecule has 8 heteroatoms. The minimum atomic E-state index is -3.98. The van der Waals surface area contributed by atoms with Crippen molar-refractivity contribution in [1.29, 1.82) is 0 Å². The maximum atomic E-state index is 13.2. The molecule has 1 aliphatic carbocycles. The van der Waals surface area contributed by atoms with Crippen LogP contribution in [0.25, 0.3) is 0 Å². The van der Waals surface area contributed by atoms with E-state index in [2.05, 4.69) is 4.40 Å². The van der Waals surface area contributed by atoms with Gasteiger partial charge in [0.15, 0.2) is 5.70 Å². The van der Waals surface area contributed by atoms with Gasteiger partial charge in [-0.2, -0.15) is 12.8 Å². The monoisotopic (exact) mass is 429 g/mol. The van der Waals surface area contributed by atoms with Gasteiger partial charge in [-0.15, -0.1) is 0 Å². The van der Waals surface area contributed by atoms with Gasteiger partial charge in [0.2, 0.25) is 0 Å². The van der Waals surface area contributed by atoms with Gasteiger partial charge >= 0.3 is 0 Å². The average molecular weight is 430 g/mol. The van der Waals surface area contributed by atoms with E-state index in [1.54, 1.807) is 49.4 Å². The summed E-state index contributed by atoms with van der Waals surface area (Å²) in [7, 11) is -3.98. The number of benzene rings is 2. The molecular formula is C22H25N2O5S+. The molecule has 0 bridgehead atoms. The number of aliphatic hydroxyl groups excluding tert-OH is 1. The highest BCUT2D eigenvalue weighted by Crippen LogP contribution is 2.37. The number of nitrogens with one attached hydrogen (secondary N) is 1. The van der Waals surface area contributed by atoms with Crippen LogP contribution in [0.3, 0.4) is 0 Å². The summed E-state index contributed by atoms with van der Waals surface area (Å²) in [6.07, 6.45) is 1.58. The second-order valence-electron chi connectivity index (χ2n) is 7.64. The molecule has 0 aromatic heterocycles. The largest absolute Gasteiger partial charge is 0.391 e. The topological polar surface area (TPSA) is 101 Å². The van der Waals surface area contributed by atoms with Crippen molar-refractivity contribution in [2.45, 2.75) is 24.5 Å². The van der Waals surface area contributed by atoms with Gasteiger partial charge < -0.3 is 14.9 Å². The van der Waals surface area contributed by atoms with Crippen LogP contribution in [0.15, 0.2) is 63.5 Å². The smallest absolute Gasteiger partial charge is 0.283 e. The van der Waals surface area contributed by atoms with Crippen molar-refractivity contribution < 1.29 is 28.3 Å². The molecule has 1 aliphatic heterocycles. The molecule has 2 aromatic carbocycles.